The van der Waals surface area contributed by atoms with Crippen molar-refractivity contribution >= 4 is 46.0 Å². The molecule has 0 spiro atoms. The number of benzene rings is 3. The van der Waals surface area contributed by atoms with Crippen LogP contribution in [0, 0.1) is 0 Å². The maximum atomic E-state index is 11.9. The molecule has 7 heteroatoms. The molecule has 1 heterocycles. The molecule has 0 fully saturated rings. The van der Waals surface area contributed by atoms with Gasteiger partial charge in [0, 0.05) is 22.5 Å². The van der Waals surface area contributed by atoms with E-state index in [1.807, 2.05) is 29.6 Å². The van der Waals surface area contributed by atoms with Crippen LogP contribution in [0.1, 0.15) is 22.8 Å². The number of thiazole rings is 1. The zero-order valence-electron chi connectivity index (χ0n) is 17.3. The zero-order chi connectivity index (χ0) is 22.7. The lowest BCUT2D eigenvalue weighted by Gasteiger charge is -2.11. The van der Waals surface area contributed by atoms with Crippen LogP contribution in [0.15, 0.2) is 77.1 Å². The molecule has 1 N–H and O–H groups in total. The Morgan fingerprint density at radius 1 is 1.06 bits per heavy atom. The molecule has 4 nitrogen and oxygen atoms in total. The van der Waals surface area contributed by atoms with E-state index in [1.165, 1.54) is 23.8 Å². The zero-order valence-corrected chi connectivity index (χ0v) is 19.6. The van der Waals surface area contributed by atoms with Gasteiger partial charge in [-0.25, -0.2) is 4.99 Å². The molecule has 162 valence electrons. The number of nitrogens with zero attached hydrogens (tertiary/aromatic N) is 2. The van der Waals surface area contributed by atoms with E-state index in [1.54, 1.807) is 30.3 Å². The number of hydrogen-bond acceptors (Lipinski definition) is 4. The van der Waals surface area contributed by atoms with Gasteiger partial charge in [0.15, 0.2) is 10.6 Å². The highest BCUT2D eigenvalue weighted by molar-refractivity contribution is 7.07. The number of aryl methyl sites for hydroxylation is 1. The minimum absolute atomic E-state index is 0.0230. The third kappa shape index (κ3) is 4.96. The number of carbonyl (C=O) groups is 1. The minimum Gasteiger partial charge on any atom is -0.507 e. The third-order valence-electron chi connectivity index (χ3n) is 5.06. The van der Waals surface area contributed by atoms with Crippen molar-refractivity contribution < 1.29 is 9.90 Å². The summed E-state index contributed by atoms with van der Waals surface area (Å²) in [5.41, 5.74) is 3.89. The topological polar surface area (TPSA) is 54.6 Å². The van der Waals surface area contributed by atoms with E-state index in [0.29, 0.717) is 27.8 Å². The molecule has 0 unspecified atom stereocenters. The van der Waals surface area contributed by atoms with E-state index in [-0.39, 0.29) is 11.5 Å². The molecule has 0 amide bonds. The Kier molecular flexibility index (Phi) is 6.80. The Labute approximate surface area is 200 Å². The second-order valence-corrected chi connectivity index (χ2v) is 8.97. The summed E-state index contributed by atoms with van der Waals surface area (Å²) in [6.07, 6.45) is 0.809. The van der Waals surface area contributed by atoms with Crippen LogP contribution in [-0.2, 0) is 13.0 Å². The summed E-state index contributed by atoms with van der Waals surface area (Å²) in [5.74, 6) is -0.210. The molecule has 0 saturated heterocycles. The summed E-state index contributed by atoms with van der Waals surface area (Å²) < 4.78 is 2.11. The van der Waals surface area contributed by atoms with Crippen molar-refractivity contribution in [3.63, 3.8) is 0 Å². The number of hydrogen-bond donors (Lipinski definition) is 1. The smallest absolute Gasteiger partial charge is 0.190 e. The molecule has 1 aromatic heterocycles. The Bertz CT molecular complexity index is 1340. The second kappa shape index (κ2) is 9.74. The van der Waals surface area contributed by atoms with Crippen LogP contribution in [0.25, 0.3) is 11.3 Å². The van der Waals surface area contributed by atoms with Crippen LogP contribution in [0.3, 0.4) is 0 Å². The van der Waals surface area contributed by atoms with Crippen molar-refractivity contribution in [1.82, 2.24) is 4.57 Å². The molecule has 0 radical (unpaired) electrons. The summed E-state index contributed by atoms with van der Waals surface area (Å²) >= 11 is 13.9. The molecule has 4 rings (SSSR count). The molecular weight excluding hydrogens is 463 g/mol. The molecule has 3 aromatic carbocycles. The van der Waals surface area contributed by atoms with Crippen molar-refractivity contribution in [1.29, 1.82) is 0 Å². The van der Waals surface area contributed by atoms with Gasteiger partial charge >= 0.3 is 0 Å². The number of aromatic hydroxyl groups is 1. The van der Waals surface area contributed by atoms with E-state index in [0.717, 1.165) is 22.5 Å². The fraction of sp³-hybridized carbons (Fsp3) is 0.120. The lowest BCUT2D eigenvalue weighted by molar-refractivity contribution is 0.101. The van der Waals surface area contributed by atoms with Gasteiger partial charge in [0.2, 0.25) is 0 Å². The van der Waals surface area contributed by atoms with Crippen LogP contribution in [0.5, 0.6) is 5.75 Å². The first-order chi connectivity index (χ1) is 15.4. The van der Waals surface area contributed by atoms with E-state index in [4.69, 9.17) is 28.2 Å². The first-order valence-electron chi connectivity index (χ1n) is 9.99. The number of halogens is 2. The van der Waals surface area contributed by atoms with Gasteiger partial charge in [0.05, 0.1) is 22.0 Å². The minimum atomic E-state index is -0.187. The van der Waals surface area contributed by atoms with Crippen molar-refractivity contribution in [3.8, 4) is 17.0 Å². The molecule has 0 aliphatic rings. The maximum Gasteiger partial charge on any atom is 0.190 e. The molecule has 0 atom stereocenters. The molecule has 32 heavy (non-hydrogen) atoms. The Morgan fingerprint density at radius 3 is 2.56 bits per heavy atom. The van der Waals surface area contributed by atoms with Gasteiger partial charge in [-0.3, -0.25) is 4.79 Å². The lowest BCUT2D eigenvalue weighted by atomic mass is 10.0. The summed E-state index contributed by atoms with van der Waals surface area (Å²) in [6.45, 7) is 2.13. The number of phenolic OH excluding ortho intramolecular Hbond substituents is 1. The highest BCUT2D eigenvalue weighted by atomic mass is 35.5. The molecule has 4 aromatic rings. The molecule has 0 aliphatic carbocycles. The quantitative estimate of drug-likeness (QED) is 0.303. The van der Waals surface area contributed by atoms with E-state index < -0.39 is 0 Å². The van der Waals surface area contributed by atoms with Crippen molar-refractivity contribution in [3.05, 3.63) is 98.1 Å². The van der Waals surface area contributed by atoms with Gasteiger partial charge in [-0.05, 0) is 55.3 Å². The van der Waals surface area contributed by atoms with Crippen LogP contribution < -0.4 is 4.80 Å². The summed E-state index contributed by atoms with van der Waals surface area (Å²) in [4.78, 5) is 17.5. The monoisotopic (exact) mass is 482 g/mol. The van der Waals surface area contributed by atoms with Gasteiger partial charge < -0.3 is 9.67 Å². The first-order valence-corrected chi connectivity index (χ1v) is 11.6. The Morgan fingerprint density at radius 2 is 1.84 bits per heavy atom. The highest BCUT2D eigenvalue weighted by Gasteiger charge is 2.13. The molecule has 0 bridgehead atoms. The predicted molar refractivity (Wildman–Crippen MR) is 131 cm³/mol. The lowest BCUT2D eigenvalue weighted by Crippen LogP contribution is -2.17. The van der Waals surface area contributed by atoms with E-state index >= 15 is 0 Å². The molecule has 0 saturated carbocycles. The van der Waals surface area contributed by atoms with Crippen LogP contribution >= 0.6 is 34.5 Å². The number of aromatic nitrogens is 1. The number of carbonyl (C=O) groups excluding carboxylic acids is 1. The van der Waals surface area contributed by atoms with Gasteiger partial charge in [-0.1, -0.05) is 53.5 Å². The van der Waals surface area contributed by atoms with Gasteiger partial charge in [-0.2, -0.15) is 0 Å². The SMILES string of the molecule is CC(=O)c1cc(-c2cs/c(=N\c3ccc(Cl)cc3Cl)n2CCc2ccccc2)ccc1O. The standard InChI is InChI=1S/C25H20Cl2N2O2S/c1-16(30)20-13-18(7-10-24(20)31)23-15-32-25(28-22-9-8-19(26)14-21(22)27)29(23)12-11-17-5-3-2-4-6-17/h2-10,13-15,31H,11-12H2,1H3/b28-25-. The number of ketones is 1. The van der Waals surface area contributed by atoms with E-state index in [2.05, 4.69) is 16.7 Å². The second-order valence-electron chi connectivity index (χ2n) is 7.29. The summed E-state index contributed by atoms with van der Waals surface area (Å²) in [5, 5.41) is 13.1. The maximum absolute atomic E-state index is 11.9. The van der Waals surface area contributed by atoms with Crippen molar-refractivity contribution in [2.24, 2.45) is 4.99 Å². The van der Waals surface area contributed by atoms with Crippen LogP contribution in [0.4, 0.5) is 5.69 Å². The fourth-order valence-corrected chi connectivity index (χ4v) is 4.80. The average molecular weight is 483 g/mol. The molecule has 0 aliphatic heterocycles. The van der Waals surface area contributed by atoms with Gasteiger partial charge in [-0.15, -0.1) is 11.3 Å². The van der Waals surface area contributed by atoms with Crippen molar-refractivity contribution in [2.75, 3.05) is 0 Å². The summed E-state index contributed by atoms with van der Waals surface area (Å²) in [6, 6.07) is 20.5. The van der Waals surface area contributed by atoms with Gasteiger partial charge in [0.1, 0.15) is 5.75 Å². The third-order valence-corrected chi connectivity index (χ3v) is 6.46. The van der Waals surface area contributed by atoms with Crippen LogP contribution in [0.2, 0.25) is 10.0 Å². The first kappa shape index (κ1) is 22.3. The van der Waals surface area contributed by atoms with Crippen molar-refractivity contribution in [2.45, 2.75) is 19.9 Å². The highest BCUT2D eigenvalue weighted by Crippen LogP contribution is 2.29. The largest absolute Gasteiger partial charge is 0.507 e. The Balaban J connectivity index is 1.82. The van der Waals surface area contributed by atoms with Crippen LogP contribution in [-0.4, -0.2) is 15.5 Å². The predicted octanol–water partition coefficient (Wildman–Crippen LogP) is 6.91. The summed E-state index contributed by atoms with van der Waals surface area (Å²) in [7, 11) is 0. The number of rotatable bonds is 6. The van der Waals surface area contributed by atoms with E-state index in [9.17, 15) is 9.90 Å². The average Bonchev–Trinajstić information content (AvgIpc) is 3.17. The van der Waals surface area contributed by atoms with Gasteiger partial charge in [0.25, 0.3) is 0 Å². The fourth-order valence-electron chi connectivity index (χ4n) is 3.40. The Hall–Kier alpha value is -2.86. The normalized spacial score (nSPS) is 11.7. The molecular formula is C25H20Cl2N2O2S. The number of Topliss-reactive ketones (excluding diaryl/α,β-unsaturated/α-hetero) is 1. The number of phenols is 1.